The summed E-state index contributed by atoms with van der Waals surface area (Å²) in [6, 6.07) is 8.69. The van der Waals surface area contributed by atoms with E-state index < -0.39 is 0 Å². The number of imidazole rings is 1. The highest BCUT2D eigenvalue weighted by Crippen LogP contribution is 2.60. The van der Waals surface area contributed by atoms with Crippen molar-refractivity contribution in [3.8, 4) is 11.3 Å². The van der Waals surface area contributed by atoms with Crippen LogP contribution in [0.3, 0.4) is 0 Å². The average molecular weight is 268 g/mol. The van der Waals surface area contributed by atoms with Crippen molar-refractivity contribution in [2.75, 3.05) is 13.2 Å². The highest BCUT2D eigenvalue weighted by molar-refractivity contribution is 5.69. The summed E-state index contributed by atoms with van der Waals surface area (Å²) >= 11 is 0. The molecule has 2 fully saturated rings. The summed E-state index contributed by atoms with van der Waals surface area (Å²) in [5.41, 5.74) is 3.92. The lowest BCUT2D eigenvalue weighted by atomic mass is 9.53. The topological polar surface area (TPSA) is 47.3 Å². The van der Waals surface area contributed by atoms with E-state index in [2.05, 4.69) is 33.8 Å². The molecule has 2 aromatic rings. The minimum absolute atomic E-state index is 0.184. The van der Waals surface area contributed by atoms with Crippen molar-refractivity contribution in [2.24, 2.45) is 11.3 Å². The molecule has 1 aliphatic carbocycles. The molecule has 1 N–H and O–H groups in total. The van der Waals surface area contributed by atoms with Crippen LogP contribution in [0, 0.1) is 11.3 Å². The summed E-state index contributed by atoms with van der Waals surface area (Å²) in [5.74, 6) is 0.243. The van der Waals surface area contributed by atoms with Crippen molar-refractivity contribution in [1.29, 1.82) is 0 Å². The Hall–Kier alpha value is -1.65. The van der Waals surface area contributed by atoms with E-state index in [1.807, 2.05) is 12.5 Å². The quantitative estimate of drug-likeness (QED) is 0.858. The summed E-state index contributed by atoms with van der Waals surface area (Å²) in [5, 5.41) is 10.4. The maximum Gasteiger partial charge on any atom is 0.0956 e. The van der Waals surface area contributed by atoms with E-state index in [9.17, 15) is 5.11 Å². The van der Waals surface area contributed by atoms with Gasteiger partial charge >= 0.3 is 0 Å². The molecule has 20 heavy (non-hydrogen) atoms. The monoisotopic (exact) mass is 268 g/mol. The summed E-state index contributed by atoms with van der Waals surface area (Å²) in [4.78, 5) is 4.30. The van der Waals surface area contributed by atoms with Gasteiger partial charge in [-0.2, -0.15) is 0 Å². The molecule has 5 rings (SSSR count). The van der Waals surface area contributed by atoms with Crippen LogP contribution < -0.4 is 0 Å². The van der Waals surface area contributed by atoms with Crippen LogP contribution in [0.2, 0.25) is 0 Å². The van der Waals surface area contributed by atoms with Gasteiger partial charge in [0.05, 0.1) is 43.6 Å². The van der Waals surface area contributed by atoms with Crippen molar-refractivity contribution in [1.82, 2.24) is 9.55 Å². The number of fused-ring (bicyclic) bond motifs is 3. The first-order valence-electron chi connectivity index (χ1n) is 7.17. The molecular formula is C16H16N2O2. The zero-order valence-electron chi connectivity index (χ0n) is 11.1. The van der Waals surface area contributed by atoms with Crippen LogP contribution in [0.5, 0.6) is 0 Å². The second-order valence-corrected chi connectivity index (χ2v) is 6.37. The van der Waals surface area contributed by atoms with E-state index in [-0.39, 0.29) is 23.5 Å². The van der Waals surface area contributed by atoms with Gasteiger partial charge in [0.1, 0.15) is 0 Å². The predicted octanol–water partition coefficient (Wildman–Crippen LogP) is 1.85. The maximum absolute atomic E-state index is 10.4. The molecule has 1 spiro atoms. The molecule has 4 nitrogen and oxygen atoms in total. The summed E-state index contributed by atoms with van der Waals surface area (Å²) in [7, 11) is 0. The SMILES string of the molecule is O[C@H]1CC2(COC2)C1[C@H]1c2ccccc2-c2cncn21. The Morgan fingerprint density at radius 3 is 2.90 bits per heavy atom. The third kappa shape index (κ3) is 1.13. The van der Waals surface area contributed by atoms with Crippen molar-refractivity contribution in [3.63, 3.8) is 0 Å². The number of hydrogen-bond acceptors (Lipinski definition) is 3. The number of benzene rings is 1. The third-order valence-corrected chi connectivity index (χ3v) is 5.38. The van der Waals surface area contributed by atoms with Gasteiger partial charge in [0, 0.05) is 16.9 Å². The lowest BCUT2D eigenvalue weighted by Gasteiger charge is -2.60. The Morgan fingerprint density at radius 2 is 2.15 bits per heavy atom. The van der Waals surface area contributed by atoms with E-state index in [0.29, 0.717) is 0 Å². The molecule has 0 bridgehead atoms. The van der Waals surface area contributed by atoms with Crippen LogP contribution in [0.25, 0.3) is 11.3 Å². The van der Waals surface area contributed by atoms with E-state index >= 15 is 0 Å². The molecule has 1 unspecified atom stereocenters. The van der Waals surface area contributed by atoms with Crippen LogP contribution >= 0.6 is 0 Å². The minimum Gasteiger partial charge on any atom is -0.393 e. The van der Waals surface area contributed by atoms with Gasteiger partial charge in [-0.3, -0.25) is 0 Å². The van der Waals surface area contributed by atoms with Crippen LogP contribution in [0.15, 0.2) is 36.8 Å². The minimum atomic E-state index is -0.231. The molecule has 1 aromatic heterocycles. The largest absolute Gasteiger partial charge is 0.393 e. The fourth-order valence-electron chi connectivity index (χ4n) is 4.39. The number of nitrogens with zero attached hydrogens (tertiary/aromatic N) is 2. The highest BCUT2D eigenvalue weighted by Gasteiger charge is 2.62. The molecule has 1 saturated carbocycles. The Bertz CT molecular complexity index is 689. The fourth-order valence-corrected chi connectivity index (χ4v) is 4.39. The molecule has 4 heteroatoms. The van der Waals surface area contributed by atoms with Crippen molar-refractivity contribution in [2.45, 2.75) is 18.6 Å². The maximum atomic E-state index is 10.4. The van der Waals surface area contributed by atoms with Crippen molar-refractivity contribution in [3.05, 3.63) is 42.4 Å². The molecule has 0 radical (unpaired) electrons. The molecule has 3 aliphatic rings. The number of hydrogen-bond donors (Lipinski definition) is 1. The average Bonchev–Trinajstić information content (AvgIpc) is 2.97. The standard InChI is InChI=1S/C16H16N2O2/c19-13-5-16(7-20-8-16)14(13)15-11-4-2-1-3-10(11)12-6-17-9-18(12)15/h1-4,6,9,13-15,19H,5,7-8H2/t13-,14?,15+/m0/s1. The van der Waals surface area contributed by atoms with Gasteiger partial charge in [0.15, 0.2) is 0 Å². The fraction of sp³-hybridized carbons (Fsp3) is 0.438. The van der Waals surface area contributed by atoms with E-state index in [1.54, 1.807) is 0 Å². The molecule has 0 amide bonds. The van der Waals surface area contributed by atoms with Gasteiger partial charge < -0.3 is 14.4 Å². The van der Waals surface area contributed by atoms with Gasteiger partial charge in [0.2, 0.25) is 0 Å². The first-order chi connectivity index (χ1) is 9.80. The van der Waals surface area contributed by atoms with E-state index in [0.717, 1.165) is 19.6 Å². The predicted molar refractivity (Wildman–Crippen MR) is 73.2 cm³/mol. The van der Waals surface area contributed by atoms with Crippen LogP contribution in [-0.2, 0) is 4.74 Å². The Morgan fingerprint density at radius 1 is 1.30 bits per heavy atom. The van der Waals surface area contributed by atoms with Crippen molar-refractivity contribution < 1.29 is 9.84 Å². The Kier molecular flexibility index (Phi) is 1.94. The summed E-state index contributed by atoms with van der Waals surface area (Å²) < 4.78 is 7.67. The number of aromatic nitrogens is 2. The van der Waals surface area contributed by atoms with E-state index in [1.165, 1.54) is 16.8 Å². The van der Waals surface area contributed by atoms with Gasteiger partial charge in [-0.25, -0.2) is 4.98 Å². The van der Waals surface area contributed by atoms with Gasteiger partial charge in [-0.15, -0.1) is 0 Å². The van der Waals surface area contributed by atoms with Gasteiger partial charge in [-0.1, -0.05) is 24.3 Å². The Labute approximate surface area is 117 Å². The first-order valence-corrected chi connectivity index (χ1v) is 7.17. The molecule has 1 saturated heterocycles. The molecule has 3 heterocycles. The van der Waals surface area contributed by atoms with Gasteiger partial charge in [0.25, 0.3) is 0 Å². The zero-order chi connectivity index (χ0) is 13.3. The Balaban J connectivity index is 1.68. The van der Waals surface area contributed by atoms with E-state index in [4.69, 9.17) is 4.74 Å². The zero-order valence-corrected chi connectivity index (χ0v) is 11.1. The third-order valence-electron chi connectivity index (χ3n) is 5.38. The van der Waals surface area contributed by atoms with Crippen LogP contribution in [-0.4, -0.2) is 34.0 Å². The molecule has 102 valence electrons. The second-order valence-electron chi connectivity index (χ2n) is 6.37. The number of aliphatic hydroxyl groups is 1. The normalized spacial score (nSPS) is 32.4. The molecule has 2 aliphatic heterocycles. The molecule has 3 atom stereocenters. The molecule has 1 aromatic carbocycles. The number of ether oxygens (including phenoxy) is 1. The summed E-state index contributed by atoms with van der Waals surface area (Å²) in [6.07, 6.45) is 4.47. The first kappa shape index (κ1) is 11.1. The second kappa shape index (κ2) is 3.51. The molecular weight excluding hydrogens is 252 g/mol. The lowest BCUT2D eigenvalue weighted by molar-refractivity contribution is -0.250. The summed E-state index contributed by atoms with van der Waals surface area (Å²) in [6.45, 7) is 1.58. The van der Waals surface area contributed by atoms with Crippen LogP contribution in [0.1, 0.15) is 18.0 Å². The number of aliphatic hydroxyl groups excluding tert-OH is 1. The van der Waals surface area contributed by atoms with Gasteiger partial charge in [-0.05, 0) is 12.0 Å². The lowest BCUT2D eigenvalue weighted by Crippen LogP contribution is -2.64. The smallest absolute Gasteiger partial charge is 0.0956 e. The van der Waals surface area contributed by atoms with Crippen molar-refractivity contribution >= 4 is 0 Å². The van der Waals surface area contributed by atoms with Crippen LogP contribution in [0.4, 0.5) is 0 Å². The number of rotatable bonds is 1. The highest BCUT2D eigenvalue weighted by atomic mass is 16.5.